The summed E-state index contributed by atoms with van der Waals surface area (Å²) in [6, 6.07) is 5.48. The van der Waals surface area contributed by atoms with Gasteiger partial charge in [0.25, 0.3) is 0 Å². The Kier molecular flexibility index (Phi) is 14.5. The Balaban J connectivity index is 2.86. The number of nitrogens with one attached hydrogen (secondary N) is 3. The topological polar surface area (TPSA) is 149 Å². The first-order valence-electron chi connectivity index (χ1n) is 11.7. The first kappa shape index (κ1) is 29.6. The second-order valence-corrected chi connectivity index (χ2v) is 8.02. The maximum Gasteiger partial charge on any atom is 0.307 e. The van der Waals surface area contributed by atoms with Crippen molar-refractivity contribution >= 4 is 23.7 Å². The van der Waals surface area contributed by atoms with Crippen LogP contribution in [0.2, 0.25) is 0 Å². The molecule has 0 fully saturated rings. The standard InChI is InChI=1S/C25H38N4O6/c1-4-16-35-20-11-9-19(10-12-20)17-22(28-18(2)30)25(33)29-21(8-6-5-7-14-26)24(32)27-15-13-23(31)34-3/h4,9-12,21-22H,1,5-8,13-17,26H2,2-3H3,(H,27,32)(H,28,30)(H,29,33)/t21-,22-/m0/s1. The number of amides is 3. The molecule has 0 unspecified atom stereocenters. The Bertz CT molecular complexity index is 828. The van der Waals surface area contributed by atoms with Crippen LogP contribution in [0.25, 0.3) is 0 Å². The van der Waals surface area contributed by atoms with Gasteiger partial charge in [0, 0.05) is 19.9 Å². The van der Waals surface area contributed by atoms with Crippen molar-refractivity contribution in [1.82, 2.24) is 16.0 Å². The normalized spacial score (nSPS) is 12.1. The van der Waals surface area contributed by atoms with E-state index in [1.807, 2.05) is 12.1 Å². The van der Waals surface area contributed by atoms with Gasteiger partial charge in [-0.2, -0.15) is 0 Å². The molecule has 0 spiro atoms. The van der Waals surface area contributed by atoms with Gasteiger partial charge < -0.3 is 31.2 Å². The monoisotopic (exact) mass is 490 g/mol. The lowest BCUT2D eigenvalue weighted by Gasteiger charge is -2.23. The number of hydrogen-bond donors (Lipinski definition) is 4. The van der Waals surface area contributed by atoms with Gasteiger partial charge in [0.05, 0.1) is 13.5 Å². The number of hydrogen-bond acceptors (Lipinski definition) is 7. The molecule has 0 aliphatic rings. The molecule has 0 heterocycles. The first-order valence-corrected chi connectivity index (χ1v) is 11.7. The van der Waals surface area contributed by atoms with Gasteiger partial charge in [-0.15, -0.1) is 0 Å². The predicted octanol–water partition coefficient (Wildman–Crippen LogP) is 0.982. The average Bonchev–Trinajstić information content (AvgIpc) is 2.84. The fourth-order valence-corrected chi connectivity index (χ4v) is 3.29. The smallest absolute Gasteiger partial charge is 0.307 e. The molecule has 10 heteroatoms. The minimum absolute atomic E-state index is 0.0249. The highest BCUT2D eigenvalue weighted by atomic mass is 16.5. The van der Waals surface area contributed by atoms with Gasteiger partial charge in [0.15, 0.2) is 0 Å². The molecule has 0 radical (unpaired) electrons. The number of benzene rings is 1. The zero-order valence-electron chi connectivity index (χ0n) is 20.6. The largest absolute Gasteiger partial charge is 0.490 e. The summed E-state index contributed by atoms with van der Waals surface area (Å²) in [7, 11) is 1.27. The van der Waals surface area contributed by atoms with Gasteiger partial charge >= 0.3 is 5.97 Å². The molecule has 1 aromatic rings. The van der Waals surface area contributed by atoms with Crippen LogP contribution in [0, 0.1) is 0 Å². The third kappa shape index (κ3) is 12.6. The van der Waals surface area contributed by atoms with Crippen molar-refractivity contribution in [2.24, 2.45) is 5.73 Å². The SMILES string of the molecule is C=CCOc1ccc(C[C@H](NC(C)=O)C(=O)N[C@@H](CCCCCN)C(=O)NCCC(=O)OC)cc1. The molecular formula is C25H38N4O6. The molecule has 5 N–H and O–H groups in total. The van der Waals surface area contributed by atoms with Gasteiger partial charge in [-0.25, -0.2) is 0 Å². The van der Waals surface area contributed by atoms with E-state index >= 15 is 0 Å². The first-order chi connectivity index (χ1) is 16.8. The molecule has 0 aliphatic carbocycles. The van der Waals surface area contributed by atoms with E-state index in [0.717, 1.165) is 18.4 Å². The molecule has 0 aliphatic heterocycles. The second kappa shape index (κ2) is 17.1. The van der Waals surface area contributed by atoms with Crippen molar-refractivity contribution < 1.29 is 28.7 Å². The van der Waals surface area contributed by atoms with Crippen molar-refractivity contribution in [2.45, 2.75) is 57.5 Å². The van der Waals surface area contributed by atoms with Crippen LogP contribution in [0.3, 0.4) is 0 Å². The zero-order valence-corrected chi connectivity index (χ0v) is 20.6. The van der Waals surface area contributed by atoms with E-state index in [9.17, 15) is 19.2 Å². The molecule has 0 saturated heterocycles. The van der Waals surface area contributed by atoms with Crippen LogP contribution < -0.4 is 26.4 Å². The van der Waals surface area contributed by atoms with Gasteiger partial charge in [0.2, 0.25) is 17.7 Å². The predicted molar refractivity (Wildman–Crippen MR) is 133 cm³/mol. The summed E-state index contributed by atoms with van der Waals surface area (Å²) < 4.78 is 10.0. The highest BCUT2D eigenvalue weighted by molar-refractivity contribution is 5.92. The van der Waals surface area contributed by atoms with E-state index in [-0.39, 0.29) is 25.3 Å². The summed E-state index contributed by atoms with van der Waals surface area (Å²) >= 11 is 0. The van der Waals surface area contributed by atoms with Crippen LogP contribution in [-0.4, -0.2) is 62.6 Å². The quantitative estimate of drug-likeness (QED) is 0.144. The van der Waals surface area contributed by atoms with Crippen LogP contribution >= 0.6 is 0 Å². The minimum atomic E-state index is -0.873. The third-order valence-corrected chi connectivity index (χ3v) is 5.11. The van der Waals surface area contributed by atoms with Crippen molar-refractivity contribution in [1.29, 1.82) is 0 Å². The molecule has 2 atom stereocenters. The second-order valence-electron chi connectivity index (χ2n) is 8.02. The third-order valence-electron chi connectivity index (χ3n) is 5.11. The number of rotatable bonds is 17. The molecule has 0 aromatic heterocycles. The summed E-state index contributed by atoms with van der Waals surface area (Å²) in [5.41, 5.74) is 6.35. The summed E-state index contributed by atoms with van der Waals surface area (Å²) in [4.78, 5) is 48.9. The molecule has 0 bridgehead atoms. The van der Waals surface area contributed by atoms with Crippen molar-refractivity contribution in [3.05, 3.63) is 42.5 Å². The Hall–Kier alpha value is -3.40. The molecular weight excluding hydrogens is 452 g/mol. The lowest BCUT2D eigenvalue weighted by atomic mass is 10.0. The van der Waals surface area contributed by atoms with Crippen LogP contribution in [0.1, 0.15) is 44.6 Å². The fourth-order valence-electron chi connectivity index (χ4n) is 3.29. The Morgan fingerprint density at radius 1 is 1.03 bits per heavy atom. The molecule has 1 rings (SSSR count). The van der Waals surface area contributed by atoms with E-state index in [2.05, 4.69) is 27.3 Å². The Morgan fingerprint density at radius 3 is 2.34 bits per heavy atom. The van der Waals surface area contributed by atoms with E-state index in [4.69, 9.17) is 10.5 Å². The molecule has 10 nitrogen and oxygen atoms in total. The van der Waals surface area contributed by atoms with E-state index in [1.54, 1.807) is 18.2 Å². The van der Waals surface area contributed by atoms with Gasteiger partial charge in [0.1, 0.15) is 24.4 Å². The molecule has 0 saturated carbocycles. The van der Waals surface area contributed by atoms with Crippen LogP contribution in [0.5, 0.6) is 5.75 Å². The highest BCUT2D eigenvalue weighted by Crippen LogP contribution is 2.14. The maximum atomic E-state index is 13.1. The number of carbonyl (C=O) groups is 4. The summed E-state index contributed by atoms with van der Waals surface area (Å²) in [6.45, 7) is 5.96. The minimum Gasteiger partial charge on any atom is -0.490 e. The van der Waals surface area contributed by atoms with Crippen molar-refractivity contribution in [2.75, 3.05) is 26.8 Å². The molecule has 3 amide bonds. The molecule has 1 aromatic carbocycles. The van der Waals surface area contributed by atoms with E-state index in [0.29, 0.717) is 31.7 Å². The van der Waals surface area contributed by atoms with Crippen molar-refractivity contribution in [3.63, 3.8) is 0 Å². The zero-order chi connectivity index (χ0) is 26.1. The number of ether oxygens (including phenoxy) is 2. The van der Waals surface area contributed by atoms with Crippen molar-refractivity contribution in [3.8, 4) is 5.75 Å². The van der Waals surface area contributed by atoms with E-state index < -0.39 is 29.9 Å². The van der Waals surface area contributed by atoms with Crippen LogP contribution in [-0.2, 0) is 30.3 Å². The highest BCUT2D eigenvalue weighted by Gasteiger charge is 2.26. The fraction of sp³-hybridized carbons (Fsp3) is 0.520. The number of nitrogens with two attached hydrogens (primary N) is 1. The summed E-state index contributed by atoms with van der Waals surface area (Å²) in [5.74, 6) is -1.02. The van der Waals surface area contributed by atoms with Gasteiger partial charge in [-0.05, 0) is 37.1 Å². The molecule has 35 heavy (non-hydrogen) atoms. The van der Waals surface area contributed by atoms with Crippen LogP contribution in [0.15, 0.2) is 36.9 Å². The van der Waals surface area contributed by atoms with E-state index in [1.165, 1.54) is 14.0 Å². The average molecular weight is 491 g/mol. The summed E-state index contributed by atoms with van der Waals surface area (Å²) in [6.07, 6.45) is 4.61. The Labute approximate surface area is 207 Å². The number of esters is 1. The lowest BCUT2D eigenvalue weighted by Crippen LogP contribution is -2.54. The maximum absolute atomic E-state index is 13.1. The molecule has 194 valence electrons. The van der Waals surface area contributed by atoms with Crippen LogP contribution in [0.4, 0.5) is 0 Å². The van der Waals surface area contributed by atoms with Gasteiger partial charge in [-0.1, -0.05) is 37.6 Å². The number of methoxy groups -OCH3 is 1. The summed E-state index contributed by atoms with van der Waals surface area (Å²) in [5, 5.41) is 8.08. The number of carbonyl (C=O) groups excluding carboxylic acids is 4. The number of unbranched alkanes of at least 4 members (excludes halogenated alkanes) is 2. The Morgan fingerprint density at radius 2 is 1.74 bits per heavy atom. The van der Waals surface area contributed by atoms with Gasteiger partial charge in [-0.3, -0.25) is 19.2 Å². The lowest BCUT2D eigenvalue weighted by molar-refractivity contribution is -0.140.